The zero-order valence-electron chi connectivity index (χ0n) is 21.3. The average Bonchev–Trinajstić information content (AvgIpc) is 3.43. The molecule has 185 valence electrons. The van der Waals surface area contributed by atoms with Crippen LogP contribution in [0.2, 0.25) is 18.1 Å². The largest absolute Gasteiger partial charge is 0.457 e. The maximum Gasteiger partial charge on any atom is 0.356 e. The molecule has 1 saturated heterocycles. The molecule has 3 aliphatic rings. The molecule has 0 aromatic heterocycles. The first kappa shape index (κ1) is 26.2. The molecule has 5 nitrogen and oxygen atoms in total. The molecule has 2 heterocycles. The Morgan fingerprint density at radius 1 is 1.17 bits per heavy atom. The van der Waals surface area contributed by atoms with Crippen LogP contribution >= 0.6 is 11.8 Å². The van der Waals surface area contributed by atoms with Gasteiger partial charge in [0, 0.05) is 10.8 Å². The number of amides is 1. The first-order chi connectivity index (χ1) is 16.5. The molecule has 0 N–H and O–H groups in total. The first-order valence-electron chi connectivity index (χ1n) is 12.0. The molecule has 2 aliphatic heterocycles. The van der Waals surface area contributed by atoms with Crippen LogP contribution in [0.3, 0.4) is 0 Å². The second-order valence-corrected chi connectivity index (χ2v) is 16.5. The Hall–Kier alpha value is -1.83. The van der Waals surface area contributed by atoms with Crippen LogP contribution in [0.15, 0.2) is 42.6 Å². The van der Waals surface area contributed by atoms with Crippen LogP contribution in [0.5, 0.6) is 0 Å². The Morgan fingerprint density at radius 3 is 2.34 bits per heavy atom. The standard InChI is InChI=1S/C28H34NO4SSi/c1-8-17-32-27(31)23-24(21-15-13-20(14-16-21)19-11-9-10-12-19)34-26-22(25(30)29(23)26)18(2)33-35(6,7)28(3,4)5/h8-16,18,22,26H,1,17H2,2-7H3/t18-,22+,26-/m1/s1. The van der Waals surface area contributed by atoms with Gasteiger partial charge >= 0.3 is 5.97 Å². The van der Waals surface area contributed by atoms with Gasteiger partial charge in [-0.1, -0.05) is 69.5 Å². The van der Waals surface area contributed by atoms with Crippen LogP contribution in [0.1, 0.15) is 38.8 Å². The van der Waals surface area contributed by atoms with E-state index in [0.29, 0.717) is 5.70 Å². The summed E-state index contributed by atoms with van der Waals surface area (Å²) in [6, 6.07) is 8.10. The third-order valence-electron chi connectivity index (χ3n) is 7.24. The highest BCUT2D eigenvalue weighted by Gasteiger charge is 2.59. The fraction of sp³-hybridized carbons (Fsp3) is 0.393. The number of β-lactam (4-membered cyclic amide) rings is 1. The highest BCUT2D eigenvalue weighted by Crippen LogP contribution is 2.55. The molecule has 35 heavy (non-hydrogen) atoms. The van der Waals surface area contributed by atoms with Crippen LogP contribution < -0.4 is 0 Å². The fourth-order valence-electron chi connectivity index (χ4n) is 4.26. The van der Waals surface area contributed by atoms with Gasteiger partial charge in [-0.05, 0) is 61.9 Å². The zero-order chi connectivity index (χ0) is 25.5. The molecular formula is C28H34NO4SSi. The van der Waals surface area contributed by atoms with E-state index in [2.05, 4.69) is 53.3 Å². The van der Waals surface area contributed by atoms with E-state index in [0.717, 1.165) is 21.9 Å². The predicted octanol–water partition coefficient (Wildman–Crippen LogP) is 5.78. The lowest BCUT2D eigenvalue weighted by Gasteiger charge is -2.48. The van der Waals surface area contributed by atoms with E-state index in [1.807, 2.05) is 44.0 Å². The molecule has 5 radical (unpaired) electrons. The Bertz CT molecular complexity index is 1020. The summed E-state index contributed by atoms with van der Waals surface area (Å²) in [5.41, 5.74) is 2.32. The van der Waals surface area contributed by atoms with E-state index in [9.17, 15) is 9.59 Å². The highest BCUT2D eigenvalue weighted by molar-refractivity contribution is 8.09. The minimum Gasteiger partial charge on any atom is -0.457 e. The lowest BCUT2D eigenvalue weighted by Crippen LogP contribution is -2.62. The van der Waals surface area contributed by atoms with Crippen molar-refractivity contribution in [3.05, 3.63) is 85.3 Å². The highest BCUT2D eigenvalue weighted by atomic mass is 32.2. The van der Waals surface area contributed by atoms with Crippen molar-refractivity contribution in [1.29, 1.82) is 0 Å². The summed E-state index contributed by atoms with van der Waals surface area (Å²) < 4.78 is 12.0. The van der Waals surface area contributed by atoms with E-state index < -0.39 is 14.3 Å². The first-order valence-corrected chi connectivity index (χ1v) is 15.8. The van der Waals surface area contributed by atoms with Gasteiger partial charge in [-0.3, -0.25) is 9.69 Å². The number of nitrogens with zero attached hydrogens (tertiary/aromatic N) is 1. The molecule has 0 bridgehead atoms. The Kier molecular flexibility index (Phi) is 7.42. The van der Waals surface area contributed by atoms with Gasteiger partial charge in [0.1, 0.15) is 17.7 Å². The number of rotatable bonds is 8. The number of esters is 1. The number of ether oxygens (including phenoxy) is 1. The van der Waals surface area contributed by atoms with Crippen molar-refractivity contribution in [2.45, 2.75) is 57.3 Å². The molecular weight excluding hydrogens is 474 g/mol. The Balaban J connectivity index is 1.60. The van der Waals surface area contributed by atoms with Crippen molar-refractivity contribution >= 4 is 36.9 Å². The molecule has 1 aliphatic carbocycles. The average molecular weight is 509 g/mol. The van der Waals surface area contributed by atoms with Crippen LogP contribution in [-0.4, -0.2) is 43.2 Å². The maximum atomic E-state index is 13.4. The molecule has 2 fully saturated rings. The molecule has 0 unspecified atom stereocenters. The second kappa shape index (κ2) is 9.90. The normalized spacial score (nSPS) is 23.8. The van der Waals surface area contributed by atoms with Crippen molar-refractivity contribution in [1.82, 2.24) is 4.90 Å². The van der Waals surface area contributed by atoms with Crippen molar-refractivity contribution in [3.8, 4) is 0 Å². The summed E-state index contributed by atoms with van der Waals surface area (Å²) in [6.45, 7) is 16.7. The molecule has 7 heteroatoms. The van der Waals surface area contributed by atoms with E-state index in [1.165, 1.54) is 6.08 Å². The number of thioether (sulfide) groups is 1. The number of carbonyl (C=O) groups is 2. The fourth-order valence-corrected chi connectivity index (χ4v) is 7.30. The van der Waals surface area contributed by atoms with Gasteiger partial charge in [0.05, 0.1) is 12.0 Å². The predicted molar refractivity (Wildman–Crippen MR) is 144 cm³/mol. The molecule has 1 amide bonds. The van der Waals surface area contributed by atoms with Crippen LogP contribution in [0.4, 0.5) is 0 Å². The van der Waals surface area contributed by atoms with Gasteiger partial charge in [0.2, 0.25) is 5.91 Å². The van der Waals surface area contributed by atoms with E-state index >= 15 is 0 Å². The topological polar surface area (TPSA) is 55.8 Å². The van der Waals surface area contributed by atoms with Gasteiger partial charge in [-0.25, -0.2) is 4.79 Å². The molecule has 3 atom stereocenters. The Labute approximate surface area is 215 Å². The van der Waals surface area contributed by atoms with E-state index in [-0.39, 0.29) is 34.9 Å². The van der Waals surface area contributed by atoms with Crippen molar-refractivity contribution in [2.24, 2.45) is 5.92 Å². The number of hydrogen-bond acceptors (Lipinski definition) is 5. The molecule has 0 spiro atoms. The summed E-state index contributed by atoms with van der Waals surface area (Å²) in [6.07, 6.45) is 9.45. The smallest absolute Gasteiger partial charge is 0.356 e. The van der Waals surface area contributed by atoms with E-state index in [1.54, 1.807) is 16.7 Å². The quantitative estimate of drug-likeness (QED) is 0.193. The lowest BCUT2D eigenvalue weighted by atomic mass is 9.92. The van der Waals surface area contributed by atoms with E-state index in [4.69, 9.17) is 9.16 Å². The number of carbonyl (C=O) groups excluding carboxylic acids is 2. The van der Waals surface area contributed by atoms with Gasteiger partial charge in [0.15, 0.2) is 8.32 Å². The minimum atomic E-state index is -2.05. The Morgan fingerprint density at radius 2 is 1.77 bits per heavy atom. The number of fused-ring (bicyclic) bond motifs is 1. The van der Waals surface area contributed by atoms with Crippen LogP contribution in [0, 0.1) is 37.5 Å². The summed E-state index contributed by atoms with van der Waals surface area (Å²) in [7, 11) is -2.05. The van der Waals surface area contributed by atoms with Crippen molar-refractivity contribution in [2.75, 3.05) is 6.61 Å². The zero-order valence-corrected chi connectivity index (χ0v) is 23.1. The van der Waals surface area contributed by atoms with Crippen molar-refractivity contribution in [3.63, 3.8) is 0 Å². The summed E-state index contributed by atoms with van der Waals surface area (Å²) in [5, 5.41) is -0.137. The third-order valence-corrected chi connectivity index (χ3v) is 13.2. The van der Waals surface area contributed by atoms with Crippen LogP contribution in [0.25, 0.3) is 4.91 Å². The minimum absolute atomic E-state index is 0.0447. The van der Waals surface area contributed by atoms with Gasteiger partial charge in [-0.2, -0.15) is 0 Å². The summed E-state index contributed by atoms with van der Waals surface area (Å²) in [4.78, 5) is 28.8. The molecule has 1 aromatic carbocycles. The lowest BCUT2D eigenvalue weighted by molar-refractivity contribution is -0.157. The number of benzene rings is 1. The SMILES string of the molecule is C=CCOC(=O)C1=C(c2ccc([C]3[CH][CH][CH][CH]3)cc2)S[C@@H]2[C@@H]([C@@H](C)O[Si](C)(C)C(C)(C)C)C(=O)N12. The summed E-state index contributed by atoms with van der Waals surface area (Å²) in [5.74, 6) is 0.255. The third kappa shape index (κ3) is 4.92. The maximum absolute atomic E-state index is 13.4. The summed E-state index contributed by atoms with van der Waals surface area (Å²) >= 11 is 1.55. The molecule has 1 aromatic rings. The molecule has 4 rings (SSSR count). The van der Waals surface area contributed by atoms with Gasteiger partial charge < -0.3 is 9.16 Å². The second-order valence-electron chi connectivity index (χ2n) is 10.6. The van der Waals surface area contributed by atoms with Gasteiger partial charge in [0.25, 0.3) is 0 Å². The van der Waals surface area contributed by atoms with Gasteiger partial charge in [-0.15, -0.1) is 0 Å². The van der Waals surface area contributed by atoms with Crippen LogP contribution in [-0.2, 0) is 18.8 Å². The number of hydrogen-bond donors (Lipinski definition) is 0. The molecule has 1 saturated carbocycles. The van der Waals surface area contributed by atoms with Crippen molar-refractivity contribution < 1.29 is 18.8 Å². The monoisotopic (exact) mass is 508 g/mol.